The summed E-state index contributed by atoms with van der Waals surface area (Å²) in [6.07, 6.45) is 0. The van der Waals surface area contributed by atoms with E-state index in [1.807, 2.05) is 0 Å². The number of nitrogens with one attached hydrogen (secondary N) is 1. The standard InChI is InChI=1S/C20H20ClN3O5S/c1-13(19(26)22-2)23(11-14-6-5-7-15(21)10-14)18(25)12-24-20(27)16-8-3-4-9-17(16)30(24,28)29/h3-10,13H,11-12H2,1-2H3,(H,22,26). The van der Waals surface area contributed by atoms with Crippen molar-refractivity contribution in [3.05, 3.63) is 64.7 Å². The molecule has 3 rings (SSSR count). The van der Waals surface area contributed by atoms with E-state index in [2.05, 4.69) is 5.32 Å². The topological polar surface area (TPSA) is 104 Å². The molecule has 0 fully saturated rings. The van der Waals surface area contributed by atoms with Crippen LogP contribution in [0.4, 0.5) is 0 Å². The number of sulfonamides is 1. The van der Waals surface area contributed by atoms with Gasteiger partial charge in [-0.05, 0) is 36.8 Å². The summed E-state index contributed by atoms with van der Waals surface area (Å²) in [5.41, 5.74) is 0.677. The Morgan fingerprint density at radius 3 is 2.50 bits per heavy atom. The lowest BCUT2D eigenvalue weighted by Gasteiger charge is -2.29. The van der Waals surface area contributed by atoms with Crippen LogP contribution in [0.15, 0.2) is 53.4 Å². The summed E-state index contributed by atoms with van der Waals surface area (Å²) < 4.78 is 26.0. The van der Waals surface area contributed by atoms with Gasteiger partial charge in [0.2, 0.25) is 11.8 Å². The van der Waals surface area contributed by atoms with Crippen LogP contribution in [0, 0.1) is 0 Å². The van der Waals surface area contributed by atoms with Crippen LogP contribution < -0.4 is 5.32 Å². The fraction of sp³-hybridized carbons (Fsp3) is 0.250. The van der Waals surface area contributed by atoms with E-state index >= 15 is 0 Å². The van der Waals surface area contributed by atoms with Gasteiger partial charge in [0.05, 0.1) is 5.56 Å². The number of benzene rings is 2. The Kier molecular flexibility index (Phi) is 6.14. The second kappa shape index (κ2) is 8.45. The number of hydrogen-bond donors (Lipinski definition) is 1. The van der Waals surface area contributed by atoms with Crippen molar-refractivity contribution < 1.29 is 22.8 Å². The largest absolute Gasteiger partial charge is 0.357 e. The maximum absolute atomic E-state index is 13.1. The summed E-state index contributed by atoms with van der Waals surface area (Å²) in [7, 11) is -2.70. The molecule has 1 aliphatic heterocycles. The van der Waals surface area contributed by atoms with Gasteiger partial charge in [-0.1, -0.05) is 35.9 Å². The molecular formula is C20H20ClN3O5S. The Morgan fingerprint density at radius 1 is 1.17 bits per heavy atom. The predicted octanol–water partition coefficient (Wildman–Crippen LogP) is 1.65. The molecule has 158 valence electrons. The van der Waals surface area contributed by atoms with E-state index in [9.17, 15) is 22.8 Å². The maximum Gasteiger partial charge on any atom is 0.269 e. The molecule has 0 aromatic heterocycles. The Bertz CT molecular complexity index is 1120. The van der Waals surface area contributed by atoms with E-state index in [-0.39, 0.29) is 17.0 Å². The van der Waals surface area contributed by atoms with Gasteiger partial charge in [-0.3, -0.25) is 14.4 Å². The number of carbonyl (C=O) groups is 3. The van der Waals surface area contributed by atoms with Crippen molar-refractivity contribution >= 4 is 39.3 Å². The number of likely N-dealkylation sites (N-methyl/N-ethyl adjacent to an activating group) is 1. The van der Waals surface area contributed by atoms with Crippen LogP contribution >= 0.6 is 11.6 Å². The number of amides is 3. The molecule has 2 aromatic carbocycles. The molecule has 1 atom stereocenters. The van der Waals surface area contributed by atoms with E-state index in [1.165, 1.54) is 37.1 Å². The summed E-state index contributed by atoms with van der Waals surface area (Å²) in [5.74, 6) is -1.88. The van der Waals surface area contributed by atoms with Crippen molar-refractivity contribution in [2.75, 3.05) is 13.6 Å². The molecular weight excluding hydrogens is 430 g/mol. The normalized spacial score (nSPS) is 15.4. The Hall–Kier alpha value is -2.91. The first-order valence-corrected chi connectivity index (χ1v) is 10.9. The molecule has 0 spiro atoms. The van der Waals surface area contributed by atoms with E-state index in [1.54, 1.807) is 30.3 Å². The molecule has 0 saturated heterocycles. The molecule has 1 aliphatic rings. The lowest BCUT2D eigenvalue weighted by molar-refractivity contribution is -0.140. The highest BCUT2D eigenvalue weighted by molar-refractivity contribution is 7.90. The zero-order chi connectivity index (χ0) is 22.1. The second-order valence-electron chi connectivity index (χ2n) is 6.75. The van der Waals surface area contributed by atoms with E-state index in [4.69, 9.17) is 11.6 Å². The highest BCUT2D eigenvalue weighted by atomic mass is 35.5. The van der Waals surface area contributed by atoms with Crippen LogP contribution in [0.25, 0.3) is 0 Å². The van der Waals surface area contributed by atoms with Crippen molar-refractivity contribution in [3.63, 3.8) is 0 Å². The SMILES string of the molecule is CNC(=O)C(C)N(Cc1cccc(Cl)c1)C(=O)CN1C(=O)c2ccccc2S1(=O)=O. The van der Waals surface area contributed by atoms with Gasteiger partial charge in [0.25, 0.3) is 15.9 Å². The highest BCUT2D eigenvalue weighted by Gasteiger charge is 2.43. The average Bonchev–Trinajstić information content (AvgIpc) is 2.92. The minimum atomic E-state index is -4.14. The summed E-state index contributed by atoms with van der Waals surface area (Å²) in [6.45, 7) is 0.830. The molecule has 1 N–H and O–H groups in total. The smallest absolute Gasteiger partial charge is 0.269 e. The van der Waals surface area contributed by atoms with Crippen LogP contribution in [0.5, 0.6) is 0 Å². The van der Waals surface area contributed by atoms with Crippen molar-refractivity contribution in [1.82, 2.24) is 14.5 Å². The van der Waals surface area contributed by atoms with Crippen molar-refractivity contribution in [1.29, 1.82) is 0 Å². The molecule has 0 radical (unpaired) electrons. The zero-order valence-electron chi connectivity index (χ0n) is 16.3. The number of carbonyl (C=O) groups excluding carboxylic acids is 3. The number of fused-ring (bicyclic) bond motifs is 1. The fourth-order valence-electron chi connectivity index (χ4n) is 3.22. The summed E-state index contributed by atoms with van der Waals surface area (Å²) in [6, 6.07) is 11.6. The lowest BCUT2D eigenvalue weighted by Crippen LogP contribution is -2.50. The second-order valence-corrected chi connectivity index (χ2v) is 9.02. The molecule has 0 aliphatic carbocycles. The average molecular weight is 450 g/mol. The summed E-state index contributed by atoms with van der Waals surface area (Å²) in [4.78, 5) is 39.0. The third-order valence-electron chi connectivity index (χ3n) is 4.85. The predicted molar refractivity (Wildman–Crippen MR) is 110 cm³/mol. The summed E-state index contributed by atoms with van der Waals surface area (Å²) in [5, 5.41) is 2.93. The van der Waals surface area contributed by atoms with E-state index < -0.39 is 40.3 Å². The number of hydrogen-bond acceptors (Lipinski definition) is 5. The number of rotatable bonds is 6. The molecule has 3 amide bonds. The van der Waals surface area contributed by atoms with Gasteiger partial charge in [-0.25, -0.2) is 12.7 Å². The zero-order valence-corrected chi connectivity index (χ0v) is 17.9. The van der Waals surface area contributed by atoms with Crippen LogP contribution in [0.1, 0.15) is 22.8 Å². The van der Waals surface area contributed by atoms with Crippen molar-refractivity contribution in [3.8, 4) is 0 Å². The third kappa shape index (κ3) is 4.03. The molecule has 0 bridgehead atoms. The number of halogens is 1. The van der Waals surface area contributed by atoms with Crippen molar-refractivity contribution in [2.24, 2.45) is 0 Å². The van der Waals surface area contributed by atoms with Crippen LogP contribution in [-0.4, -0.2) is 55.0 Å². The minimum absolute atomic E-state index is 0.0169. The fourth-order valence-corrected chi connectivity index (χ4v) is 4.96. The molecule has 1 heterocycles. The Morgan fingerprint density at radius 2 is 1.87 bits per heavy atom. The van der Waals surface area contributed by atoms with E-state index in [0.29, 0.717) is 14.9 Å². The first-order chi connectivity index (χ1) is 14.2. The van der Waals surface area contributed by atoms with Crippen molar-refractivity contribution in [2.45, 2.75) is 24.4 Å². The molecule has 2 aromatic rings. The molecule has 1 unspecified atom stereocenters. The van der Waals surface area contributed by atoms with Gasteiger partial charge in [0.1, 0.15) is 17.5 Å². The molecule has 10 heteroatoms. The Balaban J connectivity index is 1.90. The van der Waals surface area contributed by atoms with Gasteiger partial charge >= 0.3 is 0 Å². The van der Waals surface area contributed by atoms with Gasteiger partial charge in [0.15, 0.2) is 0 Å². The molecule has 8 nitrogen and oxygen atoms in total. The minimum Gasteiger partial charge on any atom is -0.357 e. The van der Waals surface area contributed by atoms with Crippen LogP contribution in [0.3, 0.4) is 0 Å². The molecule has 0 saturated carbocycles. The number of nitrogens with zero attached hydrogens (tertiary/aromatic N) is 2. The first-order valence-electron chi connectivity index (χ1n) is 9.08. The molecule has 30 heavy (non-hydrogen) atoms. The van der Waals surface area contributed by atoms with Gasteiger partial charge < -0.3 is 10.2 Å². The van der Waals surface area contributed by atoms with Crippen LogP contribution in [-0.2, 0) is 26.2 Å². The first kappa shape index (κ1) is 21.8. The summed E-state index contributed by atoms with van der Waals surface area (Å²) >= 11 is 6.01. The third-order valence-corrected chi connectivity index (χ3v) is 6.87. The van der Waals surface area contributed by atoms with E-state index in [0.717, 1.165) is 0 Å². The Labute approximate surface area is 179 Å². The van der Waals surface area contributed by atoms with Gasteiger partial charge in [-0.2, -0.15) is 0 Å². The lowest BCUT2D eigenvalue weighted by atomic mass is 10.1. The van der Waals surface area contributed by atoms with Gasteiger partial charge in [0, 0.05) is 18.6 Å². The van der Waals surface area contributed by atoms with Crippen LogP contribution in [0.2, 0.25) is 5.02 Å². The quantitative estimate of drug-likeness (QED) is 0.722. The maximum atomic E-state index is 13.1. The highest BCUT2D eigenvalue weighted by Crippen LogP contribution is 2.30. The van der Waals surface area contributed by atoms with Gasteiger partial charge in [-0.15, -0.1) is 0 Å². The monoisotopic (exact) mass is 449 g/mol.